The molecule has 2 rings (SSSR count). The molecule has 0 aliphatic rings. The van der Waals surface area contributed by atoms with Crippen LogP contribution in [0.5, 0.6) is 0 Å². The van der Waals surface area contributed by atoms with Gasteiger partial charge in [0.15, 0.2) is 0 Å². The third-order valence-electron chi connectivity index (χ3n) is 3.71. The molecule has 0 aliphatic heterocycles. The Kier molecular flexibility index (Phi) is 6.16. The quantitative estimate of drug-likeness (QED) is 0.765. The van der Waals surface area contributed by atoms with Gasteiger partial charge in [0.25, 0.3) is 0 Å². The van der Waals surface area contributed by atoms with E-state index < -0.39 is 0 Å². The van der Waals surface area contributed by atoms with E-state index in [1.54, 1.807) is 6.08 Å². The Hall–Kier alpha value is -2.35. The molecule has 0 aliphatic carbocycles. The van der Waals surface area contributed by atoms with Crippen LogP contribution in [0.3, 0.4) is 0 Å². The van der Waals surface area contributed by atoms with Crippen LogP contribution in [0.1, 0.15) is 43.5 Å². The van der Waals surface area contributed by atoms with E-state index in [1.165, 1.54) is 5.56 Å². The van der Waals surface area contributed by atoms with E-state index in [9.17, 15) is 4.79 Å². The third kappa shape index (κ3) is 5.74. The molecular weight excluding hydrogens is 282 g/mol. The molecule has 0 aromatic heterocycles. The third-order valence-corrected chi connectivity index (χ3v) is 3.71. The number of hydrogen-bond acceptors (Lipinski definition) is 1. The van der Waals surface area contributed by atoms with Crippen molar-refractivity contribution in [2.75, 3.05) is 0 Å². The van der Waals surface area contributed by atoms with Gasteiger partial charge in [-0.05, 0) is 42.0 Å². The Morgan fingerprint density at radius 1 is 1.00 bits per heavy atom. The number of carbonyl (C=O) groups excluding carboxylic acids is 1. The van der Waals surface area contributed by atoms with Crippen LogP contribution in [0, 0.1) is 5.92 Å². The van der Waals surface area contributed by atoms with Crippen molar-refractivity contribution in [1.82, 2.24) is 5.32 Å². The maximum atomic E-state index is 12.0. The first kappa shape index (κ1) is 17.0. The molecule has 0 spiro atoms. The van der Waals surface area contributed by atoms with Gasteiger partial charge >= 0.3 is 0 Å². The minimum atomic E-state index is -0.0763. The van der Waals surface area contributed by atoms with Crippen LogP contribution >= 0.6 is 0 Å². The largest absolute Gasteiger partial charge is 0.346 e. The van der Waals surface area contributed by atoms with E-state index >= 15 is 0 Å². The average Bonchev–Trinajstić information content (AvgIpc) is 2.54. The molecule has 1 amide bonds. The average molecular weight is 307 g/mol. The summed E-state index contributed by atoms with van der Waals surface area (Å²) < 4.78 is 0. The summed E-state index contributed by atoms with van der Waals surface area (Å²) in [6, 6.07) is 18.3. The SMILES string of the molecule is CC(C)Cc1ccc(/C=C/C(=O)N[C@@H](C)c2ccccc2)cc1. The van der Waals surface area contributed by atoms with E-state index in [2.05, 4.69) is 43.4 Å². The van der Waals surface area contributed by atoms with Gasteiger partial charge in [-0.15, -0.1) is 0 Å². The van der Waals surface area contributed by atoms with Gasteiger partial charge in [0.05, 0.1) is 6.04 Å². The van der Waals surface area contributed by atoms with Crippen molar-refractivity contribution in [3.05, 3.63) is 77.4 Å². The Bertz CT molecular complexity index is 641. The predicted molar refractivity (Wildman–Crippen MR) is 97.0 cm³/mol. The number of carbonyl (C=O) groups is 1. The molecule has 120 valence electrons. The summed E-state index contributed by atoms with van der Waals surface area (Å²) in [5.41, 5.74) is 3.48. The highest BCUT2D eigenvalue weighted by molar-refractivity contribution is 5.91. The first-order valence-corrected chi connectivity index (χ1v) is 8.17. The number of rotatable bonds is 6. The van der Waals surface area contributed by atoms with Gasteiger partial charge in [0.1, 0.15) is 0 Å². The molecule has 0 saturated heterocycles. The first-order chi connectivity index (χ1) is 11.0. The molecule has 0 heterocycles. The van der Waals surface area contributed by atoms with Crippen LogP contribution in [-0.4, -0.2) is 5.91 Å². The van der Waals surface area contributed by atoms with Gasteiger partial charge in [-0.1, -0.05) is 68.4 Å². The van der Waals surface area contributed by atoms with Crippen molar-refractivity contribution in [1.29, 1.82) is 0 Å². The Morgan fingerprint density at radius 2 is 1.65 bits per heavy atom. The lowest BCUT2D eigenvalue weighted by atomic mass is 10.0. The molecule has 0 radical (unpaired) electrons. The molecule has 0 bridgehead atoms. The highest BCUT2D eigenvalue weighted by Gasteiger charge is 2.06. The van der Waals surface area contributed by atoms with E-state index in [1.807, 2.05) is 43.3 Å². The van der Waals surface area contributed by atoms with E-state index in [-0.39, 0.29) is 11.9 Å². The fourth-order valence-corrected chi connectivity index (χ4v) is 2.49. The summed E-state index contributed by atoms with van der Waals surface area (Å²) in [4.78, 5) is 12.0. The number of hydrogen-bond donors (Lipinski definition) is 1. The summed E-state index contributed by atoms with van der Waals surface area (Å²) in [5.74, 6) is 0.578. The molecule has 2 nitrogen and oxygen atoms in total. The van der Waals surface area contributed by atoms with Gasteiger partial charge < -0.3 is 5.32 Å². The van der Waals surface area contributed by atoms with Crippen LogP contribution in [0.4, 0.5) is 0 Å². The fourth-order valence-electron chi connectivity index (χ4n) is 2.49. The van der Waals surface area contributed by atoms with Gasteiger partial charge in [-0.2, -0.15) is 0 Å². The van der Waals surface area contributed by atoms with Crippen molar-refractivity contribution in [2.45, 2.75) is 33.2 Å². The molecule has 2 heteroatoms. The highest BCUT2D eigenvalue weighted by atomic mass is 16.1. The lowest BCUT2D eigenvalue weighted by Gasteiger charge is -2.12. The normalized spacial score (nSPS) is 12.5. The van der Waals surface area contributed by atoms with Gasteiger partial charge in [0.2, 0.25) is 5.91 Å². The molecule has 23 heavy (non-hydrogen) atoms. The zero-order valence-electron chi connectivity index (χ0n) is 14.1. The Morgan fingerprint density at radius 3 is 2.26 bits per heavy atom. The molecule has 1 atom stereocenters. The standard InChI is InChI=1S/C21H25NO/c1-16(2)15-19-11-9-18(10-12-19)13-14-21(23)22-17(3)20-7-5-4-6-8-20/h4-14,16-17H,15H2,1-3H3,(H,22,23)/b14-13+/t17-/m0/s1. The monoisotopic (exact) mass is 307 g/mol. The van der Waals surface area contributed by atoms with Gasteiger partial charge in [0, 0.05) is 6.08 Å². The fraction of sp³-hybridized carbons (Fsp3) is 0.286. The van der Waals surface area contributed by atoms with Crippen LogP contribution in [-0.2, 0) is 11.2 Å². The summed E-state index contributed by atoms with van der Waals surface area (Å²) in [6.07, 6.45) is 4.53. The molecule has 0 fully saturated rings. The van der Waals surface area contributed by atoms with E-state index in [4.69, 9.17) is 0 Å². The zero-order valence-corrected chi connectivity index (χ0v) is 14.1. The smallest absolute Gasteiger partial charge is 0.244 e. The number of benzene rings is 2. The maximum absolute atomic E-state index is 12.0. The first-order valence-electron chi connectivity index (χ1n) is 8.17. The second-order valence-corrected chi connectivity index (χ2v) is 6.31. The summed E-state index contributed by atoms with van der Waals surface area (Å²) in [7, 11) is 0. The molecular formula is C21H25NO. The van der Waals surface area contributed by atoms with E-state index in [0.717, 1.165) is 17.5 Å². The van der Waals surface area contributed by atoms with Crippen molar-refractivity contribution in [3.63, 3.8) is 0 Å². The van der Waals surface area contributed by atoms with Crippen molar-refractivity contribution in [3.8, 4) is 0 Å². The molecule has 0 unspecified atom stereocenters. The van der Waals surface area contributed by atoms with E-state index in [0.29, 0.717) is 5.92 Å². The van der Waals surface area contributed by atoms with Crippen LogP contribution in [0.15, 0.2) is 60.7 Å². The summed E-state index contributed by atoms with van der Waals surface area (Å²) >= 11 is 0. The van der Waals surface area contributed by atoms with Crippen molar-refractivity contribution in [2.24, 2.45) is 5.92 Å². The van der Waals surface area contributed by atoms with Gasteiger partial charge in [-0.25, -0.2) is 0 Å². The lowest BCUT2D eigenvalue weighted by Crippen LogP contribution is -2.24. The van der Waals surface area contributed by atoms with Crippen molar-refractivity contribution < 1.29 is 4.79 Å². The lowest BCUT2D eigenvalue weighted by molar-refractivity contribution is -0.117. The Balaban J connectivity index is 1.90. The molecule has 1 N–H and O–H groups in total. The molecule has 2 aromatic carbocycles. The second kappa shape index (κ2) is 8.33. The minimum Gasteiger partial charge on any atom is -0.346 e. The summed E-state index contributed by atoms with van der Waals surface area (Å²) in [5, 5.41) is 2.98. The molecule has 2 aromatic rings. The second-order valence-electron chi connectivity index (χ2n) is 6.31. The molecule has 0 saturated carbocycles. The summed E-state index contributed by atoms with van der Waals surface area (Å²) in [6.45, 7) is 6.42. The minimum absolute atomic E-state index is 0.00164. The topological polar surface area (TPSA) is 29.1 Å². The predicted octanol–water partition coefficient (Wildman–Crippen LogP) is 4.78. The van der Waals surface area contributed by atoms with Crippen LogP contribution < -0.4 is 5.32 Å². The van der Waals surface area contributed by atoms with Crippen LogP contribution in [0.2, 0.25) is 0 Å². The number of amides is 1. The highest BCUT2D eigenvalue weighted by Crippen LogP contribution is 2.12. The van der Waals surface area contributed by atoms with Crippen LogP contribution in [0.25, 0.3) is 6.08 Å². The van der Waals surface area contributed by atoms with Crippen molar-refractivity contribution >= 4 is 12.0 Å². The number of nitrogens with one attached hydrogen (secondary N) is 1. The Labute approximate surface area is 139 Å². The van der Waals surface area contributed by atoms with Gasteiger partial charge in [-0.3, -0.25) is 4.79 Å². The zero-order chi connectivity index (χ0) is 16.7. The maximum Gasteiger partial charge on any atom is 0.244 e.